The molecule has 1 fully saturated rings. The van der Waals surface area contributed by atoms with Gasteiger partial charge in [-0.25, -0.2) is 9.48 Å². The second-order valence-corrected chi connectivity index (χ2v) is 7.65. The van der Waals surface area contributed by atoms with Gasteiger partial charge in [0, 0.05) is 19.3 Å². The van der Waals surface area contributed by atoms with Crippen LogP contribution in [0.2, 0.25) is 0 Å². The van der Waals surface area contributed by atoms with Crippen molar-refractivity contribution in [2.75, 3.05) is 6.54 Å². The smallest absolute Gasteiger partial charge is 0.350 e. The monoisotopic (exact) mass is 342 g/mol. The van der Waals surface area contributed by atoms with Gasteiger partial charge in [-0.05, 0) is 43.7 Å². The standard InChI is InChI=1S/C19H26N4O2/c1-13(2)12-14-16(19(14,3)4)17(24)20-9-7-11-23-18(25)22-10-6-5-8-15(22)21-23/h5-6,8,10,12,14,16H,7,9,11H2,1-4H3,(H,20,24)/t14-,16+/m0/s1. The Labute approximate surface area is 147 Å². The number of rotatable bonds is 6. The second-order valence-electron chi connectivity index (χ2n) is 7.65. The molecule has 1 aliphatic carbocycles. The van der Waals surface area contributed by atoms with Crippen molar-refractivity contribution in [1.82, 2.24) is 19.5 Å². The summed E-state index contributed by atoms with van der Waals surface area (Å²) in [6, 6.07) is 5.46. The lowest BCUT2D eigenvalue weighted by Gasteiger charge is -2.06. The van der Waals surface area contributed by atoms with E-state index < -0.39 is 0 Å². The van der Waals surface area contributed by atoms with E-state index in [1.54, 1.807) is 18.3 Å². The van der Waals surface area contributed by atoms with Crippen molar-refractivity contribution in [2.24, 2.45) is 17.3 Å². The molecule has 25 heavy (non-hydrogen) atoms. The van der Waals surface area contributed by atoms with E-state index in [4.69, 9.17) is 0 Å². The summed E-state index contributed by atoms with van der Waals surface area (Å²) in [5.74, 6) is 0.466. The van der Waals surface area contributed by atoms with Gasteiger partial charge in [0.25, 0.3) is 0 Å². The highest BCUT2D eigenvalue weighted by molar-refractivity contribution is 5.83. The Bertz CT molecular complexity index is 871. The van der Waals surface area contributed by atoms with E-state index in [0.717, 1.165) is 0 Å². The Morgan fingerprint density at radius 3 is 2.80 bits per heavy atom. The molecule has 2 aromatic heterocycles. The van der Waals surface area contributed by atoms with Crippen molar-refractivity contribution in [3.05, 3.63) is 46.5 Å². The maximum Gasteiger partial charge on any atom is 0.350 e. The maximum atomic E-state index is 12.4. The van der Waals surface area contributed by atoms with Gasteiger partial charge in [0.15, 0.2) is 5.65 Å². The van der Waals surface area contributed by atoms with Crippen LogP contribution in [0, 0.1) is 17.3 Å². The first kappa shape index (κ1) is 17.5. The number of aryl methyl sites for hydroxylation is 1. The maximum absolute atomic E-state index is 12.4. The molecule has 1 saturated carbocycles. The third-order valence-corrected chi connectivity index (χ3v) is 5.04. The SMILES string of the molecule is CC(C)=C[C@H]1[C@H](C(=O)NCCCn2nc3ccccn3c2=O)C1(C)C. The minimum atomic E-state index is -0.145. The second kappa shape index (κ2) is 6.50. The highest BCUT2D eigenvalue weighted by Gasteiger charge is 2.60. The Kier molecular flexibility index (Phi) is 4.54. The van der Waals surface area contributed by atoms with Crippen LogP contribution in [0.5, 0.6) is 0 Å². The lowest BCUT2D eigenvalue weighted by atomic mass is 10.1. The predicted molar refractivity (Wildman–Crippen MR) is 97.3 cm³/mol. The molecular weight excluding hydrogens is 316 g/mol. The van der Waals surface area contributed by atoms with Gasteiger partial charge in [-0.3, -0.25) is 9.20 Å². The summed E-state index contributed by atoms with van der Waals surface area (Å²) in [4.78, 5) is 24.6. The van der Waals surface area contributed by atoms with Gasteiger partial charge in [-0.2, -0.15) is 0 Å². The van der Waals surface area contributed by atoms with Crippen molar-refractivity contribution in [2.45, 2.75) is 40.7 Å². The van der Waals surface area contributed by atoms with Crippen LogP contribution in [0.1, 0.15) is 34.1 Å². The number of pyridine rings is 1. The molecule has 2 atom stereocenters. The van der Waals surface area contributed by atoms with Crippen LogP contribution in [0.15, 0.2) is 40.8 Å². The third-order valence-electron chi connectivity index (χ3n) is 5.04. The summed E-state index contributed by atoms with van der Waals surface area (Å²) in [6.07, 6.45) is 4.58. The highest BCUT2D eigenvalue weighted by atomic mass is 16.2. The fourth-order valence-electron chi connectivity index (χ4n) is 3.51. The molecule has 0 unspecified atom stereocenters. The van der Waals surface area contributed by atoms with E-state index in [-0.39, 0.29) is 22.9 Å². The third kappa shape index (κ3) is 3.38. The number of aromatic nitrogens is 3. The molecule has 2 heterocycles. The van der Waals surface area contributed by atoms with Gasteiger partial charge in [0.1, 0.15) is 0 Å². The number of fused-ring (bicyclic) bond motifs is 1. The van der Waals surface area contributed by atoms with Crippen LogP contribution in [0.4, 0.5) is 0 Å². The van der Waals surface area contributed by atoms with Crippen molar-refractivity contribution in [1.29, 1.82) is 0 Å². The number of allylic oxidation sites excluding steroid dienone is 2. The summed E-state index contributed by atoms with van der Waals surface area (Å²) < 4.78 is 2.98. The molecule has 0 spiro atoms. The van der Waals surface area contributed by atoms with Crippen LogP contribution >= 0.6 is 0 Å². The number of carbonyl (C=O) groups excluding carboxylic acids is 1. The molecule has 6 heteroatoms. The molecule has 0 saturated heterocycles. The van der Waals surface area contributed by atoms with Crippen LogP contribution in [-0.4, -0.2) is 26.6 Å². The molecule has 0 bridgehead atoms. The van der Waals surface area contributed by atoms with Gasteiger partial charge in [-0.1, -0.05) is 31.6 Å². The number of amides is 1. The molecule has 6 nitrogen and oxygen atoms in total. The van der Waals surface area contributed by atoms with Crippen molar-refractivity contribution < 1.29 is 4.79 Å². The summed E-state index contributed by atoms with van der Waals surface area (Å²) >= 11 is 0. The molecule has 1 aliphatic rings. The lowest BCUT2D eigenvalue weighted by Crippen LogP contribution is -2.29. The molecule has 0 aromatic carbocycles. The zero-order valence-corrected chi connectivity index (χ0v) is 15.3. The number of hydrogen-bond acceptors (Lipinski definition) is 3. The minimum absolute atomic E-state index is 0.0277. The molecular formula is C19H26N4O2. The Morgan fingerprint density at radius 1 is 1.36 bits per heavy atom. The predicted octanol–water partition coefficient (Wildman–Crippen LogP) is 2.24. The molecule has 0 radical (unpaired) electrons. The first-order valence-electron chi connectivity index (χ1n) is 8.79. The van der Waals surface area contributed by atoms with Gasteiger partial charge < -0.3 is 5.32 Å². The number of nitrogens with one attached hydrogen (secondary N) is 1. The van der Waals surface area contributed by atoms with Gasteiger partial charge in [0.05, 0.1) is 5.92 Å². The van der Waals surface area contributed by atoms with E-state index >= 15 is 0 Å². The van der Waals surface area contributed by atoms with E-state index in [9.17, 15) is 9.59 Å². The van der Waals surface area contributed by atoms with Gasteiger partial charge >= 0.3 is 5.69 Å². The van der Waals surface area contributed by atoms with Crippen molar-refractivity contribution >= 4 is 11.6 Å². The Balaban J connectivity index is 1.52. The fraction of sp³-hybridized carbons (Fsp3) is 0.526. The number of carbonyl (C=O) groups is 1. The molecule has 1 N–H and O–H groups in total. The average molecular weight is 342 g/mol. The molecule has 2 aromatic rings. The first-order chi connectivity index (χ1) is 11.8. The van der Waals surface area contributed by atoms with Crippen LogP contribution in [0.3, 0.4) is 0 Å². The van der Waals surface area contributed by atoms with Gasteiger partial charge in [-0.15, -0.1) is 5.10 Å². The quantitative estimate of drug-likeness (QED) is 0.647. The van der Waals surface area contributed by atoms with Crippen LogP contribution in [0.25, 0.3) is 5.65 Å². The van der Waals surface area contributed by atoms with E-state index in [1.807, 2.05) is 6.07 Å². The largest absolute Gasteiger partial charge is 0.356 e. The van der Waals surface area contributed by atoms with Crippen molar-refractivity contribution in [3.63, 3.8) is 0 Å². The molecule has 1 amide bonds. The Hall–Kier alpha value is -2.37. The number of hydrogen-bond donors (Lipinski definition) is 1. The van der Waals surface area contributed by atoms with E-state index in [1.165, 1.54) is 14.7 Å². The fourth-order valence-corrected chi connectivity index (χ4v) is 3.51. The zero-order valence-electron chi connectivity index (χ0n) is 15.3. The van der Waals surface area contributed by atoms with E-state index in [2.05, 4.69) is 44.2 Å². The zero-order chi connectivity index (χ0) is 18.2. The summed E-state index contributed by atoms with van der Waals surface area (Å²) in [6.45, 7) is 9.45. The topological polar surface area (TPSA) is 68.4 Å². The van der Waals surface area contributed by atoms with Crippen LogP contribution in [-0.2, 0) is 11.3 Å². The normalized spacial score (nSPS) is 21.1. The lowest BCUT2D eigenvalue weighted by molar-refractivity contribution is -0.123. The molecule has 134 valence electrons. The van der Waals surface area contributed by atoms with Gasteiger partial charge in [0.2, 0.25) is 5.91 Å². The molecule has 0 aliphatic heterocycles. The molecule has 3 rings (SSSR count). The summed E-state index contributed by atoms with van der Waals surface area (Å²) in [5, 5.41) is 7.30. The van der Waals surface area contributed by atoms with Crippen molar-refractivity contribution in [3.8, 4) is 0 Å². The summed E-state index contributed by atoms with van der Waals surface area (Å²) in [7, 11) is 0. The summed E-state index contributed by atoms with van der Waals surface area (Å²) in [5.41, 5.74) is 1.77. The average Bonchev–Trinajstić information content (AvgIpc) is 2.93. The highest BCUT2D eigenvalue weighted by Crippen LogP contribution is 2.59. The Morgan fingerprint density at radius 2 is 2.12 bits per heavy atom. The minimum Gasteiger partial charge on any atom is -0.356 e. The van der Waals surface area contributed by atoms with Crippen LogP contribution < -0.4 is 11.0 Å². The first-order valence-corrected chi connectivity index (χ1v) is 8.79. The number of nitrogens with zero attached hydrogens (tertiary/aromatic N) is 3. The van der Waals surface area contributed by atoms with E-state index in [0.29, 0.717) is 31.1 Å².